The largest absolute Gasteiger partial charge is 0.326 e. The van der Waals surface area contributed by atoms with Crippen molar-refractivity contribution in [3.8, 4) is 11.4 Å². The number of benzene rings is 1. The summed E-state index contributed by atoms with van der Waals surface area (Å²) in [7, 11) is 0. The van der Waals surface area contributed by atoms with Crippen LogP contribution in [-0.4, -0.2) is 15.9 Å². The van der Waals surface area contributed by atoms with E-state index >= 15 is 0 Å². The maximum atomic E-state index is 12.1. The third kappa shape index (κ3) is 9.17. The van der Waals surface area contributed by atoms with Gasteiger partial charge >= 0.3 is 0 Å². The summed E-state index contributed by atoms with van der Waals surface area (Å²) >= 11 is 0. The quantitative estimate of drug-likeness (QED) is 0.264. The Morgan fingerprint density at radius 1 is 0.727 bits per heavy atom. The summed E-state index contributed by atoms with van der Waals surface area (Å²) in [5.74, 6) is 0.126. The van der Waals surface area contributed by atoms with E-state index in [1.807, 2.05) is 42.7 Å². The van der Waals surface area contributed by atoms with Crippen molar-refractivity contribution in [2.45, 2.75) is 77.6 Å². The Balaban J connectivity index is 1.19. The van der Waals surface area contributed by atoms with Gasteiger partial charge in [-0.15, -0.1) is 0 Å². The number of rotatable bonds is 14. The first-order chi connectivity index (χ1) is 16.2. The summed E-state index contributed by atoms with van der Waals surface area (Å²) in [5, 5.41) is 3.00. The Morgan fingerprint density at radius 3 is 2.12 bits per heavy atom. The molecule has 4 heteroatoms. The molecule has 0 aliphatic carbocycles. The Hall–Kier alpha value is -3.01. The van der Waals surface area contributed by atoms with E-state index in [1.54, 1.807) is 0 Å². The Kier molecular flexibility index (Phi) is 10.6. The molecule has 1 aromatic carbocycles. The molecule has 33 heavy (non-hydrogen) atoms. The molecule has 4 nitrogen and oxygen atoms in total. The highest BCUT2D eigenvalue weighted by atomic mass is 16.1. The van der Waals surface area contributed by atoms with Crippen LogP contribution in [0.15, 0.2) is 67.0 Å². The number of carbonyl (C=O) groups is 1. The molecule has 0 fully saturated rings. The number of unbranched alkanes of at least 4 members (excludes halogenated alkanes) is 7. The Morgan fingerprint density at radius 2 is 1.42 bits per heavy atom. The minimum atomic E-state index is 0.126. The lowest BCUT2D eigenvalue weighted by molar-refractivity contribution is -0.116. The molecule has 0 atom stereocenters. The number of nitrogens with zero attached hydrogens (tertiary/aromatic N) is 2. The van der Waals surface area contributed by atoms with E-state index in [0.29, 0.717) is 6.42 Å². The highest BCUT2D eigenvalue weighted by Crippen LogP contribution is 2.17. The normalized spacial score (nSPS) is 10.8. The molecule has 2 aromatic heterocycles. The summed E-state index contributed by atoms with van der Waals surface area (Å²) in [6, 6.07) is 18.3. The molecule has 0 spiro atoms. The van der Waals surface area contributed by atoms with E-state index < -0.39 is 0 Å². The van der Waals surface area contributed by atoms with Crippen molar-refractivity contribution in [3.05, 3.63) is 78.1 Å². The van der Waals surface area contributed by atoms with Crippen LogP contribution in [0.25, 0.3) is 11.4 Å². The van der Waals surface area contributed by atoms with Crippen molar-refractivity contribution in [1.29, 1.82) is 0 Å². The standard InChI is InChI=1S/C29H37N3O/c1-2-24-16-18-26(19-17-24)32-29(33)15-10-8-6-4-3-5-7-9-13-25-20-22-31-28(23-25)27-14-11-12-21-30-27/h11-12,14,16-23H,2-10,13,15H2,1H3,(H,32,33). The topological polar surface area (TPSA) is 54.9 Å². The molecule has 0 saturated carbocycles. The fourth-order valence-electron chi connectivity index (χ4n) is 4.01. The number of amides is 1. The predicted molar refractivity (Wildman–Crippen MR) is 137 cm³/mol. The molecule has 3 rings (SSSR count). The average Bonchev–Trinajstić information content (AvgIpc) is 2.86. The molecule has 0 unspecified atom stereocenters. The zero-order chi connectivity index (χ0) is 23.1. The third-order valence-corrected chi connectivity index (χ3v) is 6.02. The van der Waals surface area contributed by atoms with Gasteiger partial charge in [-0.3, -0.25) is 14.8 Å². The molecule has 0 bridgehead atoms. The number of aromatic nitrogens is 2. The van der Waals surface area contributed by atoms with E-state index in [2.05, 4.69) is 46.5 Å². The molecule has 1 N–H and O–H groups in total. The lowest BCUT2D eigenvalue weighted by atomic mass is 10.0. The van der Waals surface area contributed by atoms with Crippen LogP contribution in [0.4, 0.5) is 5.69 Å². The van der Waals surface area contributed by atoms with Gasteiger partial charge in [-0.2, -0.15) is 0 Å². The fraction of sp³-hybridized carbons (Fsp3) is 0.414. The van der Waals surface area contributed by atoms with Gasteiger partial charge in [-0.05, 0) is 73.2 Å². The first-order valence-corrected chi connectivity index (χ1v) is 12.5. The minimum Gasteiger partial charge on any atom is -0.326 e. The molecule has 1 amide bonds. The van der Waals surface area contributed by atoms with Crippen LogP contribution in [0, 0.1) is 0 Å². The number of anilines is 1. The number of hydrogen-bond donors (Lipinski definition) is 1. The van der Waals surface area contributed by atoms with Gasteiger partial charge in [-0.1, -0.05) is 63.6 Å². The molecule has 3 aromatic rings. The van der Waals surface area contributed by atoms with Gasteiger partial charge in [0.15, 0.2) is 0 Å². The Bertz CT molecular complexity index is 954. The average molecular weight is 444 g/mol. The number of nitrogens with one attached hydrogen (secondary N) is 1. The lowest BCUT2D eigenvalue weighted by Crippen LogP contribution is -2.10. The second-order valence-corrected chi connectivity index (χ2v) is 8.69. The highest BCUT2D eigenvalue weighted by molar-refractivity contribution is 5.90. The first kappa shape index (κ1) is 24.6. The molecular formula is C29H37N3O. The third-order valence-electron chi connectivity index (χ3n) is 6.02. The fourth-order valence-corrected chi connectivity index (χ4v) is 4.01. The van der Waals surface area contributed by atoms with Crippen molar-refractivity contribution in [2.24, 2.45) is 0 Å². The van der Waals surface area contributed by atoms with Gasteiger partial charge in [-0.25, -0.2) is 0 Å². The maximum absolute atomic E-state index is 12.1. The van der Waals surface area contributed by atoms with Gasteiger partial charge in [0, 0.05) is 24.5 Å². The van der Waals surface area contributed by atoms with Gasteiger partial charge in [0.1, 0.15) is 0 Å². The zero-order valence-corrected chi connectivity index (χ0v) is 19.9. The number of hydrogen-bond acceptors (Lipinski definition) is 3. The van der Waals surface area contributed by atoms with Crippen LogP contribution in [-0.2, 0) is 17.6 Å². The smallest absolute Gasteiger partial charge is 0.224 e. The molecule has 0 aliphatic rings. The van der Waals surface area contributed by atoms with Crippen molar-refractivity contribution in [1.82, 2.24) is 9.97 Å². The summed E-state index contributed by atoms with van der Waals surface area (Å²) in [4.78, 5) is 20.9. The second kappa shape index (κ2) is 14.2. The number of pyridine rings is 2. The van der Waals surface area contributed by atoms with Crippen molar-refractivity contribution in [2.75, 3.05) is 5.32 Å². The van der Waals surface area contributed by atoms with Gasteiger partial charge in [0.05, 0.1) is 11.4 Å². The Labute approximate surface area is 198 Å². The first-order valence-electron chi connectivity index (χ1n) is 12.5. The van der Waals surface area contributed by atoms with Crippen LogP contribution >= 0.6 is 0 Å². The van der Waals surface area contributed by atoms with Gasteiger partial charge in [0.25, 0.3) is 0 Å². The van der Waals surface area contributed by atoms with E-state index in [4.69, 9.17) is 0 Å². The monoisotopic (exact) mass is 443 g/mol. The number of aryl methyl sites for hydroxylation is 2. The molecule has 0 saturated heterocycles. The zero-order valence-electron chi connectivity index (χ0n) is 19.9. The van der Waals surface area contributed by atoms with E-state index in [1.165, 1.54) is 49.7 Å². The summed E-state index contributed by atoms with van der Waals surface area (Å²) in [5.41, 5.74) is 5.42. The van der Waals surface area contributed by atoms with E-state index in [-0.39, 0.29) is 5.91 Å². The molecule has 0 radical (unpaired) electrons. The molecular weight excluding hydrogens is 406 g/mol. The van der Waals surface area contributed by atoms with Crippen LogP contribution in [0.2, 0.25) is 0 Å². The number of carbonyl (C=O) groups excluding carboxylic acids is 1. The van der Waals surface area contributed by atoms with Crippen LogP contribution in [0.5, 0.6) is 0 Å². The minimum absolute atomic E-state index is 0.126. The molecule has 174 valence electrons. The summed E-state index contributed by atoms with van der Waals surface area (Å²) in [6.07, 6.45) is 16.1. The van der Waals surface area contributed by atoms with Crippen LogP contribution < -0.4 is 5.32 Å². The highest BCUT2D eigenvalue weighted by Gasteiger charge is 2.03. The van der Waals surface area contributed by atoms with Crippen LogP contribution in [0.1, 0.15) is 75.8 Å². The molecule has 0 aliphatic heterocycles. The summed E-state index contributed by atoms with van der Waals surface area (Å²) in [6.45, 7) is 2.13. The predicted octanol–water partition coefficient (Wildman–Crippen LogP) is 7.40. The van der Waals surface area contributed by atoms with Gasteiger partial charge in [0.2, 0.25) is 5.91 Å². The maximum Gasteiger partial charge on any atom is 0.224 e. The second-order valence-electron chi connectivity index (χ2n) is 8.69. The van der Waals surface area contributed by atoms with E-state index in [0.717, 1.165) is 42.8 Å². The van der Waals surface area contributed by atoms with E-state index in [9.17, 15) is 4.79 Å². The summed E-state index contributed by atoms with van der Waals surface area (Å²) < 4.78 is 0. The lowest BCUT2D eigenvalue weighted by Gasteiger charge is -2.06. The van der Waals surface area contributed by atoms with Crippen molar-refractivity contribution in [3.63, 3.8) is 0 Å². The van der Waals surface area contributed by atoms with Gasteiger partial charge < -0.3 is 5.32 Å². The van der Waals surface area contributed by atoms with Crippen LogP contribution in [0.3, 0.4) is 0 Å². The van der Waals surface area contributed by atoms with Crippen molar-refractivity contribution >= 4 is 11.6 Å². The SMILES string of the molecule is CCc1ccc(NC(=O)CCCCCCCCCCc2ccnc(-c3ccccn3)c2)cc1. The molecule has 2 heterocycles. The van der Waals surface area contributed by atoms with Crippen molar-refractivity contribution < 1.29 is 4.79 Å².